The maximum absolute atomic E-state index is 9.70. The minimum Gasteiger partial charge on any atom is -0.486 e. The summed E-state index contributed by atoms with van der Waals surface area (Å²) >= 11 is 0. The first-order valence-electron chi connectivity index (χ1n) is 6.83. The zero-order valence-electron chi connectivity index (χ0n) is 11.4. The SMILES string of the molecule is Cl.OC[C@@H](c1ccc2c(c1)OCCO2)N1CCNCC1. The van der Waals surface area contributed by atoms with Crippen molar-refractivity contribution in [1.29, 1.82) is 0 Å². The Kier molecular flexibility index (Phi) is 5.48. The standard InChI is InChI=1S/C14H20N2O3.ClH/c17-10-12(16-5-3-15-4-6-16)11-1-2-13-14(9-11)19-8-7-18-13;/h1-2,9,12,15,17H,3-8,10H2;1H/t12-;/m0./s1. The number of nitrogens with one attached hydrogen (secondary N) is 1. The van der Waals surface area contributed by atoms with Crippen LogP contribution < -0.4 is 14.8 Å². The number of benzene rings is 1. The van der Waals surface area contributed by atoms with Crippen molar-refractivity contribution in [2.24, 2.45) is 0 Å². The van der Waals surface area contributed by atoms with E-state index < -0.39 is 0 Å². The molecule has 112 valence electrons. The summed E-state index contributed by atoms with van der Waals surface area (Å²) in [5.74, 6) is 1.59. The van der Waals surface area contributed by atoms with E-state index in [1.165, 1.54) is 0 Å². The number of fused-ring (bicyclic) bond motifs is 1. The Morgan fingerprint density at radius 2 is 1.85 bits per heavy atom. The molecule has 0 radical (unpaired) electrons. The van der Waals surface area contributed by atoms with Crippen LogP contribution in [0.2, 0.25) is 0 Å². The summed E-state index contributed by atoms with van der Waals surface area (Å²) in [6, 6.07) is 6.00. The predicted molar refractivity (Wildman–Crippen MR) is 78.9 cm³/mol. The number of halogens is 1. The van der Waals surface area contributed by atoms with Crippen LogP contribution in [0.4, 0.5) is 0 Å². The third-order valence-corrected chi connectivity index (χ3v) is 3.72. The van der Waals surface area contributed by atoms with E-state index >= 15 is 0 Å². The van der Waals surface area contributed by atoms with E-state index in [0.717, 1.165) is 43.2 Å². The van der Waals surface area contributed by atoms with Gasteiger partial charge in [0.25, 0.3) is 0 Å². The van der Waals surface area contributed by atoms with Crippen LogP contribution in [0.25, 0.3) is 0 Å². The smallest absolute Gasteiger partial charge is 0.161 e. The summed E-state index contributed by atoms with van der Waals surface area (Å²) < 4.78 is 11.1. The molecule has 2 heterocycles. The van der Waals surface area contributed by atoms with Crippen LogP contribution in [0.15, 0.2) is 18.2 Å². The van der Waals surface area contributed by atoms with Gasteiger partial charge in [-0.1, -0.05) is 6.07 Å². The van der Waals surface area contributed by atoms with Crippen molar-refractivity contribution in [1.82, 2.24) is 10.2 Å². The Bertz CT molecular complexity index is 438. The fourth-order valence-electron chi connectivity index (χ4n) is 2.69. The third-order valence-electron chi connectivity index (χ3n) is 3.72. The van der Waals surface area contributed by atoms with Crippen molar-refractivity contribution < 1.29 is 14.6 Å². The van der Waals surface area contributed by atoms with Gasteiger partial charge in [-0.15, -0.1) is 12.4 Å². The lowest BCUT2D eigenvalue weighted by atomic mass is 10.0. The van der Waals surface area contributed by atoms with Gasteiger partial charge in [-0.25, -0.2) is 0 Å². The molecule has 1 aromatic rings. The second-order valence-electron chi connectivity index (χ2n) is 4.89. The van der Waals surface area contributed by atoms with E-state index in [-0.39, 0.29) is 25.1 Å². The molecule has 0 aromatic heterocycles. The lowest BCUT2D eigenvalue weighted by Crippen LogP contribution is -2.46. The Hall–Kier alpha value is -1.01. The first kappa shape index (κ1) is 15.4. The zero-order chi connectivity index (χ0) is 13.1. The second kappa shape index (κ2) is 7.13. The molecule has 0 bridgehead atoms. The quantitative estimate of drug-likeness (QED) is 0.865. The van der Waals surface area contributed by atoms with Gasteiger partial charge < -0.3 is 19.9 Å². The molecule has 2 aliphatic heterocycles. The van der Waals surface area contributed by atoms with Gasteiger partial charge in [-0.05, 0) is 17.7 Å². The summed E-state index contributed by atoms with van der Waals surface area (Å²) in [7, 11) is 0. The minimum absolute atomic E-state index is 0. The number of aliphatic hydroxyl groups excluding tert-OH is 1. The molecule has 0 aliphatic carbocycles. The number of ether oxygens (including phenoxy) is 2. The van der Waals surface area contributed by atoms with E-state index in [1.54, 1.807) is 0 Å². The molecule has 1 saturated heterocycles. The fourth-order valence-corrected chi connectivity index (χ4v) is 2.69. The van der Waals surface area contributed by atoms with Crippen molar-refractivity contribution in [2.75, 3.05) is 46.0 Å². The number of hydrogen-bond acceptors (Lipinski definition) is 5. The topological polar surface area (TPSA) is 54.0 Å². The molecule has 6 heteroatoms. The van der Waals surface area contributed by atoms with Crippen LogP contribution in [0.1, 0.15) is 11.6 Å². The monoisotopic (exact) mass is 300 g/mol. The van der Waals surface area contributed by atoms with Crippen LogP contribution >= 0.6 is 12.4 Å². The normalized spacial score (nSPS) is 20.1. The van der Waals surface area contributed by atoms with Gasteiger partial charge in [0.05, 0.1) is 12.6 Å². The predicted octanol–water partition coefficient (Wildman–Crippen LogP) is 0.818. The molecule has 1 atom stereocenters. The largest absolute Gasteiger partial charge is 0.486 e. The van der Waals surface area contributed by atoms with E-state index in [0.29, 0.717) is 13.2 Å². The van der Waals surface area contributed by atoms with Crippen LogP contribution in [0.5, 0.6) is 11.5 Å². The lowest BCUT2D eigenvalue weighted by molar-refractivity contribution is 0.110. The van der Waals surface area contributed by atoms with Gasteiger partial charge >= 0.3 is 0 Å². The van der Waals surface area contributed by atoms with Gasteiger partial charge in [-0.2, -0.15) is 0 Å². The van der Waals surface area contributed by atoms with Crippen LogP contribution in [0.3, 0.4) is 0 Å². The summed E-state index contributed by atoms with van der Waals surface area (Å²) in [6.07, 6.45) is 0. The summed E-state index contributed by atoms with van der Waals surface area (Å²) in [4.78, 5) is 2.31. The highest BCUT2D eigenvalue weighted by molar-refractivity contribution is 5.85. The van der Waals surface area contributed by atoms with Crippen LogP contribution in [-0.2, 0) is 0 Å². The highest BCUT2D eigenvalue weighted by Crippen LogP contribution is 2.34. The van der Waals surface area contributed by atoms with E-state index in [2.05, 4.69) is 10.2 Å². The Morgan fingerprint density at radius 1 is 1.15 bits per heavy atom. The second-order valence-corrected chi connectivity index (χ2v) is 4.89. The maximum atomic E-state index is 9.70. The number of hydrogen-bond donors (Lipinski definition) is 2. The highest BCUT2D eigenvalue weighted by Gasteiger charge is 2.23. The van der Waals surface area contributed by atoms with Crippen molar-refractivity contribution in [3.05, 3.63) is 23.8 Å². The molecule has 0 saturated carbocycles. The maximum Gasteiger partial charge on any atom is 0.161 e. The number of piperazine rings is 1. The molecule has 3 rings (SSSR count). The molecule has 1 aromatic carbocycles. The molecule has 20 heavy (non-hydrogen) atoms. The molecule has 0 amide bonds. The molecular formula is C14H21ClN2O3. The summed E-state index contributed by atoms with van der Waals surface area (Å²) in [6.45, 7) is 5.18. The average Bonchev–Trinajstić information content (AvgIpc) is 2.49. The minimum atomic E-state index is 0. The molecule has 0 spiro atoms. The van der Waals surface area contributed by atoms with Crippen molar-refractivity contribution >= 4 is 12.4 Å². The van der Waals surface area contributed by atoms with E-state index in [4.69, 9.17) is 9.47 Å². The molecule has 2 N–H and O–H groups in total. The average molecular weight is 301 g/mol. The molecule has 0 unspecified atom stereocenters. The Labute approximate surface area is 125 Å². The summed E-state index contributed by atoms with van der Waals surface area (Å²) in [5, 5.41) is 13.0. The third kappa shape index (κ3) is 3.17. The van der Waals surface area contributed by atoms with Crippen molar-refractivity contribution in [2.45, 2.75) is 6.04 Å². The van der Waals surface area contributed by atoms with E-state index in [1.807, 2.05) is 18.2 Å². The van der Waals surface area contributed by atoms with E-state index in [9.17, 15) is 5.11 Å². The Morgan fingerprint density at radius 3 is 2.55 bits per heavy atom. The van der Waals surface area contributed by atoms with Gasteiger partial charge in [0.15, 0.2) is 11.5 Å². The fraction of sp³-hybridized carbons (Fsp3) is 0.571. The number of aliphatic hydroxyl groups is 1. The van der Waals surface area contributed by atoms with Crippen LogP contribution in [-0.4, -0.2) is 56.0 Å². The van der Waals surface area contributed by atoms with Crippen molar-refractivity contribution in [3.8, 4) is 11.5 Å². The van der Waals surface area contributed by atoms with Gasteiger partial charge in [0.1, 0.15) is 13.2 Å². The van der Waals surface area contributed by atoms with Crippen LogP contribution in [0, 0.1) is 0 Å². The first-order valence-corrected chi connectivity index (χ1v) is 6.83. The van der Waals surface area contributed by atoms with Gasteiger partial charge in [0.2, 0.25) is 0 Å². The number of nitrogens with zero attached hydrogens (tertiary/aromatic N) is 1. The van der Waals surface area contributed by atoms with Crippen molar-refractivity contribution in [3.63, 3.8) is 0 Å². The molecule has 1 fully saturated rings. The first-order chi connectivity index (χ1) is 9.38. The van der Waals surface area contributed by atoms with Gasteiger partial charge in [0, 0.05) is 26.2 Å². The Balaban J connectivity index is 0.00000147. The number of rotatable bonds is 3. The molecular weight excluding hydrogens is 280 g/mol. The van der Waals surface area contributed by atoms with Gasteiger partial charge in [-0.3, -0.25) is 4.90 Å². The lowest BCUT2D eigenvalue weighted by Gasteiger charge is -2.34. The molecule has 2 aliphatic rings. The summed E-state index contributed by atoms with van der Waals surface area (Å²) in [5.41, 5.74) is 1.09. The molecule has 5 nitrogen and oxygen atoms in total. The highest BCUT2D eigenvalue weighted by atomic mass is 35.5. The zero-order valence-corrected chi connectivity index (χ0v) is 12.2.